The summed E-state index contributed by atoms with van der Waals surface area (Å²) in [5.74, 6) is 1.15. The quantitative estimate of drug-likeness (QED) is 0.369. The SMILES string of the molecule is CCc1ccc(OCC(=O)Nc2cccc(-c3ccc4nnc(-c5cccs5)n4n3)c2)cc1. The Hall–Kier alpha value is -4.04. The summed E-state index contributed by atoms with van der Waals surface area (Å²) >= 11 is 1.59. The molecule has 3 aromatic heterocycles. The van der Waals surface area contributed by atoms with Gasteiger partial charge >= 0.3 is 0 Å². The van der Waals surface area contributed by atoms with E-state index in [1.165, 1.54) is 5.56 Å². The zero-order valence-electron chi connectivity index (χ0n) is 17.9. The molecule has 5 aromatic rings. The second kappa shape index (κ2) is 9.22. The second-order valence-electron chi connectivity index (χ2n) is 7.40. The third-order valence-corrected chi connectivity index (χ3v) is 6.01. The molecule has 164 valence electrons. The molecular formula is C25H21N5O2S. The number of rotatable bonds is 7. The van der Waals surface area contributed by atoms with Crippen molar-refractivity contribution in [3.8, 4) is 27.7 Å². The van der Waals surface area contributed by atoms with E-state index in [9.17, 15) is 4.79 Å². The van der Waals surface area contributed by atoms with E-state index in [4.69, 9.17) is 9.84 Å². The summed E-state index contributed by atoms with van der Waals surface area (Å²) in [6, 6.07) is 23.1. The molecule has 0 saturated carbocycles. The fourth-order valence-corrected chi connectivity index (χ4v) is 4.12. The summed E-state index contributed by atoms with van der Waals surface area (Å²) in [6.45, 7) is 2.03. The molecule has 0 unspecified atom stereocenters. The zero-order valence-corrected chi connectivity index (χ0v) is 18.7. The maximum absolute atomic E-state index is 12.4. The van der Waals surface area contributed by atoms with Gasteiger partial charge in [0.15, 0.2) is 18.1 Å². The van der Waals surface area contributed by atoms with E-state index in [2.05, 4.69) is 22.4 Å². The highest BCUT2D eigenvalue weighted by Crippen LogP contribution is 2.25. The molecule has 0 aliphatic carbocycles. The van der Waals surface area contributed by atoms with Crippen LogP contribution in [0.3, 0.4) is 0 Å². The Bertz CT molecular complexity index is 1390. The molecule has 0 saturated heterocycles. The molecule has 1 amide bonds. The van der Waals surface area contributed by atoms with Gasteiger partial charge in [-0.2, -0.15) is 9.61 Å². The van der Waals surface area contributed by atoms with E-state index >= 15 is 0 Å². The monoisotopic (exact) mass is 455 g/mol. The predicted molar refractivity (Wildman–Crippen MR) is 129 cm³/mol. The number of carbonyl (C=O) groups is 1. The van der Waals surface area contributed by atoms with Crippen LogP contribution >= 0.6 is 11.3 Å². The first-order chi connectivity index (χ1) is 16.2. The van der Waals surface area contributed by atoms with Crippen molar-refractivity contribution in [2.45, 2.75) is 13.3 Å². The molecule has 3 heterocycles. The van der Waals surface area contributed by atoms with Gasteiger partial charge in [0.05, 0.1) is 10.6 Å². The third-order valence-electron chi connectivity index (χ3n) is 5.15. The molecule has 0 bridgehead atoms. The van der Waals surface area contributed by atoms with Gasteiger partial charge in [-0.05, 0) is 59.8 Å². The number of fused-ring (bicyclic) bond motifs is 1. The van der Waals surface area contributed by atoms with Crippen molar-refractivity contribution < 1.29 is 9.53 Å². The van der Waals surface area contributed by atoms with Crippen LogP contribution < -0.4 is 10.1 Å². The summed E-state index contributed by atoms with van der Waals surface area (Å²) < 4.78 is 7.34. The van der Waals surface area contributed by atoms with E-state index < -0.39 is 0 Å². The van der Waals surface area contributed by atoms with E-state index in [0.29, 0.717) is 22.9 Å². The molecule has 0 radical (unpaired) electrons. The fraction of sp³-hybridized carbons (Fsp3) is 0.120. The fourth-order valence-electron chi connectivity index (χ4n) is 3.43. The highest BCUT2D eigenvalue weighted by molar-refractivity contribution is 7.13. The number of benzene rings is 2. The minimum Gasteiger partial charge on any atom is -0.484 e. The highest BCUT2D eigenvalue weighted by Gasteiger charge is 2.12. The molecule has 7 nitrogen and oxygen atoms in total. The van der Waals surface area contributed by atoms with Crippen molar-refractivity contribution in [2.75, 3.05) is 11.9 Å². The lowest BCUT2D eigenvalue weighted by Gasteiger charge is -2.09. The maximum Gasteiger partial charge on any atom is 0.262 e. The first-order valence-electron chi connectivity index (χ1n) is 10.6. The van der Waals surface area contributed by atoms with Gasteiger partial charge < -0.3 is 10.1 Å². The van der Waals surface area contributed by atoms with Crippen LogP contribution in [0.25, 0.3) is 27.6 Å². The molecule has 1 N–H and O–H groups in total. The molecule has 0 aliphatic rings. The van der Waals surface area contributed by atoms with Crippen LogP contribution in [-0.2, 0) is 11.2 Å². The van der Waals surface area contributed by atoms with Crippen molar-refractivity contribution in [1.29, 1.82) is 0 Å². The van der Waals surface area contributed by atoms with Crippen molar-refractivity contribution in [3.63, 3.8) is 0 Å². The van der Waals surface area contributed by atoms with Gasteiger partial charge in [-0.15, -0.1) is 21.5 Å². The van der Waals surface area contributed by atoms with Crippen LogP contribution in [0.4, 0.5) is 5.69 Å². The standard InChI is InChI=1S/C25H21N5O2S/c1-2-17-8-10-20(11-9-17)32-16-24(31)26-19-6-3-5-18(15-19)21-12-13-23-27-28-25(30(23)29-21)22-7-4-14-33-22/h3-15H,2,16H2,1H3,(H,26,31). The summed E-state index contributed by atoms with van der Waals surface area (Å²) in [5.41, 5.74) is 4.20. The lowest BCUT2D eigenvalue weighted by molar-refractivity contribution is -0.118. The van der Waals surface area contributed by atoms with Crippen LogP contribution in [0.15, 0.2) is 78.2 Å². The van der Waals surface area contributed by atoms with E-state index in [0.717, 1.165) is 22.6 Å². The Morgan fingerprint density at radius 2 is 1.91 bits per heavy atom. The number of aromatic nitrogens is 4. The van der Waals surface area contributed by atoms with Gasteiger partial charge in [0.2, 0.25) is 0 Å². The Labute approximate surface area is 194 Å². The van der Waals surface area contributed by atoms with Crippen LogP contribution in [0.1, 0.15) is 12.5 Å². The molecule has 0 aliphatic heterocycles. The van der Waals surface area contributed by atoms with E-state index in [1.807, 2.05) is 78.2 Å². The first kappa shape index (κ1) is 20.8. The predicted octanol–water partition coefficient (Wildman–Crippen LogP) is 5.10. The minimum absolute atomic E-state index is 0.0647. The van der Waals surface area contributed by atoms with Crippen molar-refractivity contribution in [1.82, 2.24) is 19.8 Å². The first-order valence-corrected chi connectivity index (χ1v) is 11.5. The molecule has 0 atom stereocenters. The number of carbonyl (C=O) groups excluding carboxylic acids is 1. The maximum atomic E-state index is 12.4. The number of thiophene rings is 1. The smallest absolute Gasteiger partial charge is 0.262 e. The number of nitrogens with one attached hydrogen (secondary N) is 1. The number of hydrogen-bond acceptors (Lipinski definition) is 6. The Kier molecular flexibility index (Phi) is 5.82. The Morgan fingerprint density at radius 1 is 1.03 bits per heavy atom. The largest absolute Gasteiger partial charge is 0.484 e. The lowest BCUT2D eigenvalue weighted by Crippen LogP contribution is -2.20. The molecule has 0 fully saturated rings. The normalized spacial score (nSPS) is 10.9. The van der Waals surface area contributed by atoms with E-state index in [-0.39, 0.29) is 12.5 Å². The van der Waals surface area contributed by atoms with Gasteiger partial charge in [-0.25, -0.2) is 0 Å². The topological polar surface area (TPSA) is 81.4 Å². The van der Waals surface area contributed by atoms with Gasteiger partial charge in [-0.1, -0.05) is 37.3 Å². The number of nitrogens with zero attached hydrogens (tertiary/aromatic N) is 4. The Balaban J connectivity index is 1.31. The van der Waals surface area contributed by atoms with Crippen molar-refractivity contribution in [3.05, 3.63) is 83.7 Å². The lowest BCUT2D eigenvalue weighted by atomic mass is 10.1. The van der Waals surface area contributed by atoms with Crippen molar-refractivity contribution >= 4 is 28.6 Å². The average molecular weight is 456 g/mol. The van der Waals surface area contributed by atoms with Crippen LogP contribution in [0.5, 0.6) is 5.75 Å². The van der Waals surface area contributed by atoms with Gasteiger partial charge in [0.25, 0.3) is 5.91 Å². The summed E-state index contributed by atoms with van der Waals surface area (Å²) in [4.78, 5) is 13.4. The van der Waals surface area contributed by atoms with Crippen molar-refractivity contribution in [2.24, 2.45) is 0 Å². The van der Waals surface area contributed by atoms with Crippen LogP contribution in [0.2, 0.25) is 0 Å². The molecule has 33 heavy (non-hydrogen) atoms. The average Bonchev–Trinajstić information content (AvgIpc) is 3.52. The highest BCUT2D eigenvalue weighted by atomic mass is 32.1. The zero-order chi connectivity index (χ0) is 22.6. The Morgan fingerprint density at radius 3 is 2.70 bits per heavy atom. The number of ether oxygens (including phenoxy) is 1. The second-order valence-corrected chi connectivity index (χ2v) is 8.35. The molecule has 8 heteroatoms. The number of aryl methyl sites for hydroxylation is 1. The van der Waals surface area contributed by atoms with Gasteiger partial charge in [0.1, 0.15) is 5.75 Å². The van der Waals surface area contributed by atoms with E-state index in [1.54, 1.807) is 15.9 Å². The summed E-state index contributed by atoms with van der Waals surface area (Å²) in [6.07, 6.45) is 0.964. The number of amides is 1. The number of hydrogen-bond donors (Lipinski definition) is 1. The molecule has 2 aromatic carbocycles. The minimum atomic E-state index is -0.228. The van der Waals surface area contributed by atoms with Crippen LogP contribution in [-0.4, -0.2) is 32.3 Å². The number of anilines is 1. The van der Waals surface area contributed by atoms with Gasteiger partial charge in [0, 0.05) is 11.3 Å². The van der Waals surface area contributed by atoms with Gasteiger partial charge in [-0.3, -0.25) is 4.79 Å². The third kappa shape index (κ3) is 4.61. The summed E-state index contributed by atoms with van der Waals surface area (Å²) in [5, 5.41) is 18.1. The molecule has 0 spiro atoms. The summed E-state index contributed by atoms with van der Waals surface area (Å²) in [7, 11) is 0. The van der Waals surface area contributed by atoms with Crippen LogP contribution in [0, 0.1) is 0 Å². The molecule has 5 rings (SSSR count). The molecular weight excluding hydrogens is 434 g/mol.